The number of carbonyl (C=O) groups is 1. The fourth-order valence-electron chi connectivity index (χ4n) is 3.05. The van der Waals surface area contributed by atoms with Crippen molar-refractivity contribution < 1.29 is 4.79 Å². The van der Waals surface area contributed by atoms with E-state index >= 15 is 0 Å². The molecule has 0 radical (unpaired) electrons. The van der Waals surface area contributed by atoms with Crippen LogP contribution >= 0.6 is 12.4 Å². The third-order valence-electron chi connectivity index (χ3n) is 4.28. The summed E-state index contributed by atoms with van der Waals surface area (Å²) < 4.78 is 1.63. The summed E-state index contributed by atoms with van der Waals surface area (Å²) in [6, 6.07) is 11.4. The zero-order chi connectivity index (χ0) is 17.1. The topological polar surface area (TPSA) is 76.0 Å². The Labute approximate surface area is 153 Å². The molecular weight excluding hydrogens is 340 g/mol. The van der Waals surface area contributed by atoms with E-state index in [0.29, 0.717) is 11.7 Å². The number of amides is 1. The lowest BCUT2D eigenvalue weighted by molar-refractivity contribution is 0.0917. The maximum atomic E-state index is 12.5. The number of aromatic nitrogens is 2. The minimum atomic E-state index is -0.399. The van der Waals surface area contributed by atoms with Gasteiger partial charge in [-0.2, -0.15) is 5.10 Å². The highest BCUT2D eigenvalue weighted by atomic mass is 35.5. The molecule has 0 spiro atoms. The first kappa shape index (κ1) is 19.1. The molecule has 0 saturated carbocycles. The second-order valence-corrected chi connectivity index (χ2v) is 6.30. The Morgan fingerprint density at radius 2 is 2.04 bits per heavy atom. The standard InChI is InChI=1S/C18H22N4O2.ClH/c1-12-10-14(8-9-19-12)20-18(24)17-16(23)11-13(2)22(21-17)15-6-4-3-5-7-15;/h3-7,11-12,14,19H,8-10H2,1-2H3,(H,20,24);1H. The molecule has 2 heterocycles. The van der Waals surface area contributed by atoms with Crippen molar-refractivity contribution in [2.75, 3.05) is 6.54 Å². The first-order valence-electron chi connectivity index (χ1n) is 8.25. The van der Waals surface area contributed by atoms with E-state index in [-0.39, 0.29) is 29.6 Å². The van der Waals surface area contributed by atoms with E-state index in [1.807, 2.05) is 30.3 Å². The lowest BCUT2D eigenvalue weighted by Gasteiger charge is -2.28. The van der Waals surface area contributed by atoms with E-state index in [1.165, 1.54) is 6.07 Å². The molecule has 1 aromatic carbocycles. The normalized spacial score (nSPS) is 19.8. The first-order valence-corrected chi connectivity index (χ1v) is 8.25. The average molecular weight is 363 g/mol. The van der Waals surface area contributed by atoms with Crippen molar-refractivity contribution in [2.24, 2.45) is 0 Å². The van der Waals surface area contributed by atoms with Gasteiger partial charge in [-0.1, -0.05) is 18.2 Å². The summed E-state index contributed by atoms with van der Waals surface area (Å²) in [6.07, 6.45) is 1.71. The monoisotopic (exact) mass is 362 g/mol. The number of nitrogens with one attached hydrogen (secondary N) is 2. The third-order valence-corrected chi connectivity index (χ3v) is 4.28. The van der Waals surface area contributed by atoms with E-state index in [4.69, 9.17) is 0 Å². The van der Waals surface area contributed by atoms with Gasteiger partial charge in [0.25, 0.3) is 5.91 Å². The number of benzene rings is 1. The molecule has 2 N–H and O–H groups in total. The highest BCUT2D eigenvalue weighted by molar-refractivity contribution is 5.92. The van der Waals surface area contributed by atoms with Crippen LogP contribution < -0.4 is 16.1 Å². The van der Waals surface area contributed by atoms with Gasteiger partial charge in [0.1, 0.15) is 0 Å². The molecule has 1 aliphatic heterocycles. The molecule has 0 bridgehead atoms. The Balaban J connectivity index is 0.00000225. The predicted octanol–water partition coefficient (Wildman–Crippen LogP) is 1.83. The minimum absolute atomic E-state index is 0. The van der Waals surface area contributed by atoms with Crippen molar-refractivity contribution in [3.05, 3.63) is 58.0 Å². The summed E-state index contributed by atoms with van der Waals surface area (Å²) in [5, 5.41) is 10.6. The molecule has 6 nitrogen and oxygen atoms in total. The smallest absolute Gasteiger partial charge is 0.276 e. The largest absolute Gasteiger partial charge is 0.348 e. The number of para-hydroxylation sites is 1. The molecule has 0 aliphatic carbocycles. The fraction of sp³-hybridized carbons (Fsp3) is 0.389. The zero-order valence-corrected chi connectivity index (χ0v) is 15.2. The van der Waals surface area contributed by atoms with Crippen molar-refractivity contribution in [1.82, 2.24) is 20.4 Å². The summed E-state index contributed by atoms with van der Waals surface area (Å²) in [6.45, 7) is 4.75. The second kappa shape index (κ2) is 8.27. The second-order valence-electron chi connectivity index (χ2n) is 6.30. The van der Waals surface area contributed by atoms with Crippen molar-refractivity contribution >= 4 is 18.3 Å². The lowest BCUT2D eigenvalue weighted by Crippen LogP contribution is -2.47. The van der Waals surface area contributed by atoms with Crippen molar-refractivity contribution in [3.8, 4) is 5.69 Å². The minimum Gasteiger partial charge on any atom is -0.348 e. The van der Waals surface area contributed by atoms with Gasteiger partial charge in [0.15, 0.2) is 5.69 Å². The maximum Gasteiger partial charge on any atom is 0.276 e. The lowest BCUT2D eigenvalue weighted by atomic mass is 10.0. The van der Waals surface area contributed by atoms with Gasteiger partial charge in [-0.25, -0.2) is 4.68 Å². The van der Waals surface area contributed by atoms with Gasteiger partial charge in [0.2, 0.25) is 5.43 Å². The molecule has 3 rings (SSSR count). The molecule has 134 valence electrons. The summed E-state index contributed by atoms with van der Waals surface area (Å²) in [7, 11) is 0. The van der Waals surface area contributed by atoms with Crippen LogP contribution in [0.25, 0.3) is 5.69 Å². The number of hydrogen-bond donors (Lipinski definition) is 2. The SMILES string of the molecule is Cc1cc(=O)c(C(=O)NC2CCNC(C)C2)nn1-c1ccccc1.Cl. The Morgan fingerprint density at radius 3 is 2.72 bits per heavy atom. The average Bonchev–Trinajstić information content (AvgIpc) is 2.55. The number of aryl methyl sites for hydroxylation is 1. The summed E-state index contributed by atoms with van der Waals surface area (Å²) in [5.41, 5.74) is 1.10. The van der Waals surface area contributed by atoms with Crippen molar-refractivity contribution in [3.63, 3.8) is 0 Å². The third kappa shape index (κ3) is 4.46. The van der Waals surface area contributed by atoms with Crippen molar-refractivity contribution in [1.29, 1.82) is 0 Å². The molecular formula is C18H23ClN4O2. The van der Waals surface area contributed by atoms with Gasteiger partial charge >= 0.3 is 0 Å². The summed E-state index contributed by atoms with van der Waals surface area (Å²) in [5.74, 6) is -0.399. The van der Waals surface area contributed by atoms with Crippen LogP contribution in [0.1, 0.15) is 35.9 Å². The number of piperidine rings is 1. The Bertz CT molecular complexity index is 791. The number of hydrogen-bond acceptors (Lipinski definition) is 4. The Hall–Kier alpha value is -2.18. The molecule has 25 heavy (non-hydrogen) atoms. The summed E-state index contributed by atoms with van der Waals surface area (Å²) in [4.78, 5) is 24.7. The van der Waals surface area contributed by atoms with Crippen LogP contribution in [0.15, 0.2) is 41.2 Å². The molecule has 7 heteroatoms. The van der Waals surface area contributed by atoms with Gasteiger partial charge in [0, 0.05) is 23.8 Å². The molecule has 1 aromatic heterocycles. The Morgan fingerprint density at radius 1 is 1.32 bits per heavy atom. The van der Waals surface area contributed by atoms with Crippen LogP contribution in [0, 0.1) is 6.92 Å². The van der Waals surface area contributed by atoms with Crippen LogP contribution in [0.5, 0.6) is 0 Å². The van der Waals surface area contributed by atoms with Gasteiger partial charge < -0.3 is 10.6 Å². The van der Waals surface area contributed by atoms with E-state index in [0.717, 1.165) is 25.1 Å². The van der Waals surface area contributed by atoms with Crippen LogP contribution in [0.3, 0.4) is 0 Å². The van der Waals surface area contributed by atoms with E-state index in [9.17, 15) is 9.59 Å². The number of carbonyl (C=O) groups excluding carboxylic acids is 1. The van der Waals surface area contributed by atoms with Gasteiger partial charge in [-0.15, -0.1) is 12.4 Å². The predicted molar refractivity (Wildman–Crippen MR) is 99.8 cm³/mol. The highest BCUT2D eigenvalue weighted by Gasteiger charge is 2.23. The molecule has 2 unspecified atom stereocenters. The molecule has 2 atom stereocenters. The maximum absolute atomic E-state index is 12.5. The van der Waals surface area contributed by atoms with Gasteiger partial charge in [-0.3, -0.25) is 9.59 Å². The van der Waals surface area contributed by atoms with Crippen LogP contribution in [0.4, 0.5) is 0 Å². The molecule has 1 aliphatic rings. The van der Waals surface area contributed by atoms with Crippen LogP contribution in [-0.4, -0.2) is 34.3 Å². The van der Waals surface area contributed by atoms with Gasteiger partial charge in [-0.05, 0) is 45.4 Å². The van der Waals surface area contributed by atoms with Crippen LogP contribution in [-0.2, 0) is 0 Å². The van der Waals surface area contributed by atoms with E-state index in [2.05, 4.69) is 22.7 Å². The molecule has 1 fully saturated rings. The number of halogens is 1. The number of rotatable bonds is 3. The fourth-order valence-corrected chi connectivity index (χ4v) is 3.05. The van der Waals surface area contributed by atoms with Crippen molar-refractivity contribution in [2.45, 2.75) is 38.8 Å². The van der Waals surface area contributed by atoms with Crippen LogP contribution in [0.2, 0.25) is 0 Å². The zero-order valence-electron chi connectivity index (χ0n) is 14.4. The summed E-state index contributed by atoms with van der Waals surface area (Å²) >= 11 is 0. The molecule has 1 amide bonds. The highest BCUT2D eigenvalue weighted by Crippen LogP contribution is 2.10. The van der Waals surface area contributed by atoms with E-state index in [1.54, 1.807) is 11.6 Å². The Kier molecular flexibility index (Phi) is 6.33. The quantitative estimate of drug-likeness (QED) is 0.873. The number of nitrogens with zero attached hydrogens (tertiary/aromatic N) is 2. The first-order chi connectivity index (χ1) is 11.5. The molecule has 1 saturated heterocycles. The van der Waals surface area contributed by atoms with Gasteiger partial charge in [0.05, 0.1) is 5.69 Å². The molecule has 2 aromatic rings. The van der Waals surface area contributed by atoms with E-state index < -0.39 is 5.91 Å².